The van der Waals surface area contributed by atoms with Crippen LogP contribution in [-0.4, -0.2) is 35.2 Å². The normalized spacial score (nSPS) is 10.7. The molecule has 29 heavy (non-hydrogen) atoms. The van der Waals surface area contributed by atoms with Crippen LogP contribution >= 0.6 is 23.2 Å². The van der Waals surface area contributed by atoms with Gasteiger partial charge in [0.1, 0.15) is 22.3 Å². The zero-order valence-corrected chi connectivity index (χ0v) is 16.9. The Labute approximate surface area is 175 Å². The van der Waals surface area contributed by atoms with E-state index in [1.165, 1.54) is 48.2 Å². The lowest BCUT2D eigenvalue weighted by Gasteiger charge is -2.07. The Morgan fingerprint density at radius 3 is 2.45 bits per heavy atom. The fourth-order valence-corrected chi connectivity index (χ4v) is 3.22. The van der Waals surface area contributed by atoms with Crippen LogP contribution in [-0.2, 0) is 4.74 Å². The minimum Gasteiger partial charge on any atom is -0.495 e. The van der Waals surface area contributed by atoms with Crippen LogP contribution in [0.5, 0.6) is 5.75 Å². The predicted octanol–water partition coefficient (Wildman–Crippen LogP) is 4.67. The van der Waals surface area contributed by atoms with Gasteiger partial charge in [-0.25, -0.2) is 13.9 Å². The number of carbonyl (C=O) groups is 2. The molecule has 1 heterocycles. The molecule has 0 saturated heterocycles. The van der Waals surface area contributed by atoms with Crippen LogP contribution in [0.1, 0.15) is 26.4 Å². The van der Waals surface area contributed by atoms with Crippen LogP contribution in [0, 0.1) is 12.7 Å². The van der Waals surface area contributed by atoms with E-state index in [9.17, 15) is 14.0 Å². The van der Waals surface area contributed by atoms with Crippen LogP contribution in [0.4, 0.5) is 4.39 Å². The summed E-state index contributed by atoms with van der Waals surface area (Å²) in [7, 11) is 1.46. The lowest BCUT2D eigenvalue weighted by molar-refractivity contribution is 0.0474. The monoisotopic (exact) mass is 436 g/mol. The molecule has 0 unspecified atom stereocenters. The molecule has 0 aliphatic heterocycles. The van der Waals surface area contributed by atoms with Gasteiger partial charge in [0.2, 0.25) is 0 Å². The summed E-state index contributed by atoms with van der Waals surface area (Å²) in [4.78, 5) is 24.8. The van der Waals surface area contributed by atoms with E-state index in [0.717, 1.165) is 0 Å². The molecule has 1 aromatic heterocycles. The number of hydrogen-bond acceptors (Lipinski definition) is 5. The Bertz CT molecular complexity index is 1080. The molecular formula is C20H15Cl2FN2O4. The molecular weight excluding hydrogens is 422 g/mol. The summed E-state index contributed by atoms with van der Waals surface area (Å²) in [6.45, 7) is 1.08. The van der Waals surface area contributed by atoms with Crippen LogP contribution in [0.3, 0.4) is 0 Å². The standard InChI is InChI=1S/C20H15Cl2FN2O4/c1-11-18(19(22)25(24-11)14-6-4-13(23)5-7-14)20(27)29-10-16(26)12-3-8-17(28-2)15(21)9-12/h3-9H,10H2,1-2H3. The van der Waals surface area contributed by atoms with Gasteiger partial charge in [-0.15, -0.1) is 0 Å². The molecule has 9 heteroatoms. The van der Waals surface area contributed by atoms with Gasteiger partial charge in [-0.1, -0.05) is 23.2 Å². The average molecular weight is 437 g/mol. The van der Waals surface area contributed by atoms with Crippen molar-refractivity contribution >= 4 is 35.0 Å². The van der Waals surface area contributed by atoms with Gasteiger partial charge in [-0.3, -0.25) is 4.79 Å². The van der Waals surface area contributed by atoms with Gasteiger partial charge >= 0.3 is 5.97 Å². The van der Waals surface area contributed by atoms with Gasteiger partial charge in [-0.2, -0.15) is 5.10 Å². The summed E-state index contributed by atoms with van der Waals surface area (Å²) < 4.78 is 24.5. The van der Waals surface area contributed by atoms with Crippen LogP contribution in [0.25, 0.3) is 5.69 Å². The first-order valence-corrected chi connectivity index (χ1v) is 9.12. The Morgan fingerprint density at radius 1 is 1.14 bits per heavy atom. The molecule has 0 spiro atoms. The first-order valence-electron chi connectivity index (χ1n) is 8.36. The van der Waals surface area contributed by atoms with Crippen molar-refractivity contribution in [3.05, 3.63) is 75.3 Å². The van der Waals surface area contributed by atoms with E-state index in [1.54, 1.807) is 13.0 Å². The Hall–Kier alpha value is -2.90. The zero-order chi connectivity index (χ0) is 21.1. The van der Waals surface area contributed by atoms with Gasteiger partial charge in [0.05, 0.1) is 23.5 Å². The minimum absolute atomic E-state index is 0.000880. The molecule has 0 saturated carbocycles. The molecule has 3 rings (SSSR count). The fraction of sp³-hybridized carbons (Fsp3) is 0.150. The SMILES string of the molecule is COc1ccc(C(=O)COC(=O)c2c(C)nn(-c3ccc(F)cc3)c2Cl)cc1Cl. The molecule has 0 radical (unpaired) electrons. The van der Waals surface area contributed by atoms with E-state index in [2.05, 4.69) is 5.10 Å². The van der Waals surface area contributed by atoms with Gasteiger partial charge in [0.15, 0.2) is 12.4 Å². The number of Topliss-reactive ketones (excluding diaryl/α,β-unsaturated/α-hetero) is 1. The third-order valence-corrected chi connectivity index (χ3v) is 4.73. The number of halogens is 3. The lowest BCUT2D eigenvalue weighted by Crippen LogP contribution is -2.15. The molecule has 0 bridgehead atoms. The van der Waals surface area contributed by atoms with E-state index in [4.69, 9.17) is 32.7 Å². The highest BCUT2D eigenvalue weighted by molar-refractivity contribution is 6.33. The van der Waals surface area contributed by atoms with Crippen molar-refractivity contribution in [1.82, 2.24) is 9.78 Å². The summed E-state index contributed by atoms with van der Waals surface area (Å²) in [5.74, 6) is -1.22. The number of aryl methyl sites for hydroxylation is 1. The molecule has 0 fully saturated rings. The van der Waals surface area contributed by atoms with E-state index in [0.29, 0.717) is 17.1 Å². The second-order valence-electron chi connectivity index (χ2n) is 5.99. The summed E-state index contributed by atoms with van der Waals surface area (Å²) in [5, 5.41) is 4.46. The maximum Gasteiger partial charge on any atom is 0.343 e. The fourth-order valence-electron chi connectivity index (χ4n) is 2.61. The lowest BCUT2D eigenvalue weighted by atomic mass is 10.1. The van der Waals surface area contributed by atoms with Gasteiger partial charge in [0.25, 0.3) is 0 Å². The molecule has 2 aromatic carbocycles. The Balaban J connectivity index is 1.75. The number of benzene rings is 2. The first-order chi connectivity index (χ1) is 13.8. The number of hydrogen-bond donors (Lipinski definition) is 0. The zero-order valence-electron chi connectivity index (χ0n) is 15.4. The van der Waals surface area contributed by atoms with Crippen molar-refractivity contribution in [3.8, 4) is 11.4 Å². The van der Waals surface area contributed by atoms with E-state index < -0.39 is 24.2 Å². The second-order valence-corrected chi connectivity index (χ2v) is 6.75. The number of carbonyl (C=O) groups excluding carboxylic acids is 2. The number of esters is 1. The van der Waals surface area contributed by atoms with Crippen molar-refractivity contribution in [2.24, 2.45) is 0 Å². The number of aromatic nitrogens is 2. The largest absolute Gasteiger partial charge is 0.495 e. The van der Waals surface area contributed by atoms with E-state index in [-0.39, 0.29) is 21.3 Å². The maximum atomic E-state index is 13.1. The summed E-state index contributed by atoms with van der Waals surface area (Å²) in [5.41, 5.74) is 1.08. The second kappa shape index (κ2) is 8.63. The quantitative estimate of drug-likeness (QED) is 0.414. The maximum absolute atomic E-state index is 13.1. The minimum atomic E-state index is -0.797. The third kappa shape index (κ3) is 4.41. The van der Waals surface area contributed by atoms with Crippen molar-refractivity contribution in [2.75, 3.05) is 13.7 Å². The average Bonchev–Trinajstić information content (AvgIpc) is 3.00. The Kier molecular flexibility index (Phi) is 6.20. The summed E-state index contributed by atoms with van der Waals surface area (Å²) in [6.07, 6.45) is 0. The van der Waals surface area contributed by atoms with Crippen molar-refractivity contribution < 1.29 is 23.5 Å². The predicted molar refractivity (Wildman–Crippen MR) is 106 cm³/mol. The van der Waals surface area contributed by atoms with E-state index >= 15 is 0 Å². The van der Waals surface area contributed by atoms with E-state index in [1.807, 2.05) is 0 Å². The van der Waals surface area contributed by atoms with Crippen molar-refractivity contribution in [3.63, 3.8) is 0 Å². The smallest absolute Gasteiger partial charge is 0.343 e. The molecule has 0 atom stereocenters. The van der Waals surface area contributed by atoms with Gasteiger partial charge in [-0.05, 0) is 49.4 Å². The van der Waals surface area contributed by atoms with Crippen molar-refractivity contribution in [1.29, 1.82) is 0 Å². The number of methoxy groups -OCH3 is 1. The third-order valence-electron chi connectivity index (χ3n) is 4.09. The first kappa shape index (κ1) is 20.8. The Morgan fingerprint density at radius 2 is 1.83 bits per heavy atom. The highest BCUT2D eigenvalue weighted by Crippen LogP contribution is 2.26. The number of rotatable bonds is 6. The molecule has 150 valence electrons. The molecule has 0 aliphatic rings. The number of ether oxygens (including phenoxy) is 2. The highest BCUT2D eigenvalue weighted by Gasteiger charge is 2.23. The summed E-state index contributed by atoms with van der Waals surface area (Å²) >= 11 is 12.3. The molecule has 3 aromatic rings. The molecule has 6 nitrogen and oxygen atoms in total. The molecule has 0 aliphatic carbocycles. The number of nitrogens with zero attached hydrogens (tertiary/aromatic N) is 2. The molecule has 0 amide bonds. The highest BCUT2D eigenvalue weighted by atomic mass is 35.5. The van der Waals surface area contributed by atoms with Crippen molar-refractivity contribution in [2.45, 2.75) is 6.92 Å². The van der Waals surface area contributed by atoms with Crippen LogP contribution < -0.4 is 4.74 Å². The van der Waals surface area contributed by atoms with Crippen LogP contribution in [0.2, 0.25) is 10.2 Å². The summed E-state index contributed by atoms with van der Waals surface area (Å²) in [6, 6.07) is 9.94. The molecule has 0 N–H and O–H groups in total. The number of ketones is 1. The van der Waals surface area contributed by atoms with Crippen LogP contribution in [0.15, 0.2) is 42.5 Å². The van der Waals surface area contributed by atoms with Gasteiger partial charge < -0.3 is 9.47 Å². The topological polar surface area (TPSA) is 70.4 Å². The van der Waals surface area contributed by atoms with Gasteiger partial charge in [0, 0.05) is 5.56 Å².